The Bertz CT molecular complexity index is 649. The fraction of sp³-hybridized carbons (Fsp3) is 0.667. The minimum absolute atomic E-state index is 0.0537. The fourth-order valence-corrected chi connectivity index (χ4v) is 4.39. The SMILES string of the molecule is CN(C)CCCC(=O)N1CCC[C@]2(CCC(=O)N(Cc3ccccn3)C2)C1. The van der Waals surface area contributed by atoms with Crippen LogP contribution in [-0.2, 0) is 16.1 Å². The molecule has 0 aliphatic carbocycles. The van der Waals surface area contributed by atoms with Gasteiger partial charge in [0.05, 0.1) is 12.2 Å². The second-order valence-electron chi connectivity index (χ2n) is 8.40. The number of pyridine rings is 1. The summed E-state index contributed by atoms with van der Waals surface area (Å²) < 4.78 is 0. The maximum absolute atomic E-state index is 12.7. The maximum Gasteiger partial charge on any atom is 0.222 e. The lowest BCUT2D eigenvalue weighted by molar-refractivity contribution is -0.143. The molecule has 27 heavy (non-hydrogen) atoms. The summed E-state index contributed by atoms with van der Waals surface area (Å²) in [7, 11) is 4.07. The van der Waals surface area contributed by atoms with E-state index >= 15 is 0 Å². The van der Waals surface area contributed by atoms with Crippen LogP contribution in [0, 0.1) is 5.41 Å². The standard InChI is InChI=1S/C21H32N4O2/c1-23(2)13-5-8-19(26)24-14-6-10-21(16-24)11-9-20(27)25(17-21)15-18-7-3-4-12-22-18/h3-4,7,12H,5-6,8-11,13-17H2,1-2H3/t21-/m0/s1. The summed E-state index contributed by atoms with van der Waals surface area (Å²) in [5.41, 5.74) is 0.980. The highest BCUT2D eigenvalue weighted by molar-refractivity contribution is 5.78. The lowest BCUT2D eigenvalue weighted by Crippen LogP contribution is -2.54. The first-order valence-electron chi connectivity index (χ1n) is 10.1. The summed E-state index contributed by atoms with van der Waals surface area (Å²) in [6.07, 6.45) is 6.89. The Morgan fingerprint density at radius 1 is 1.26 bits per heavy atom. The van der Waals surface area contributed by atoms with Gasteiger partial charge in [0, 0.05) is 44.1 Å². The highest BCUT2D eigenvalue weighted by atomic mass is 16.2. The van der Waals surface area contributed by atoms with Crippen molar-refractivity contribution in [2.75, 3.05) is 40.3 Å². The molecule has 2 aliphatic rings. The van der Waals surface area contributed by atoms with Gasteiger partial charge in [0.25, 0.3) is 0 Å². The van der Waals surface area contributed by atoms with Crippen molar-refractivity contribution in [2.24, 2.45) is 5.41 Å². The Hall–Kier alpha value is -1.95. The molecule has 1 aromatic heterocycles. The molecule has 2 amide bonds. The number of piperidine rings is 2. The molecule has 2 aliphatic heterocycles. The third kappa shape index (κ3) is 5.28. The van der Waals surface area contributed by atoms with Crippen LogP contribution in [0.15, 0.2) is 24.4 Å². The second kappa shape index (κ2) is 8.83. The average molecular weight is 373 g/mol. The third-order valence-corrected chi connectivity index (χ3v) is 5.84. The van der Waals surface area contributed by atoms with Gasteiger partial charge >= 0.3 is 0 Å². The van der Waals surface area contributed by atoms with E-state index in [-0.39, 0.29) is 17.2 Å². The first kappa shape index (κ1) is 19.8. The Morgan fingerprint density at radius 3 is 2.85 bits per heavy atom. The number of likely N-dealkylation sites (tertiary alicyclic amines) is 2. The number of hydrogen-bond acceptors (Lipinski definition) is 4. The third-order valence-electron chi connectivity index (χ3n) is 5.84. The average Bonchev–Trinajstić information content (AvgIpc) is 2.65. The molecule has 0 saturated carbocycles. The van der Waals surface area contributed by atoms with Gasteiger partial charge in [0.15, 0.2) is 0 Å². The molecule has 0 aromatic carbocycles. The lowest BCUT2D eigenvalue weighted by Gasteiger charge is -2.48. The summed E-state index contributed by atoms with van der Waals surface area (Å²) in [6, 6.07) is 5.82. The van der Waals surface area contributed by atoms with E-state index in [0.29, 0.717) is 19.4 Å². The van der Waals surface area contributed by atoms with Crippen molar-refractivity contribution in [3.05, 3.63) is 30.1 Å². The molecule has 0 radical (unpaired) electrons. The molecular formula is C21H32N4O2. The Labute approximate surface area is 162 Å². The van der Waals surface area contributed by atoms with E-state index in [0.717, 1.165) is 57.6 Å². The number of carbonyl (C=O) groups excluding carboxylic acids is 2. The van der Waals surface area contributed by atoms with Gasteiger partial charge in [-0.15, -0.1) is 0 Å². The van der Waals surface area contributed by atoms with Gasteiger partial charge < -0.3 is 14.7 Å². The summed E-state index contributed by atoms with van der Waals surface area (Å²) in [4.78, 5) is 35.6. The highest BCUT2D eigenvalue weighted by Crippen LogP contribution is 2.39. The van der Waals surface area contributed by atoms with Crippen LogP contribution in [0.25, 0.3) is 0 Å². The fourth-order valence-electron chi connectivity index (χ4n) is 4.39. The molecule has 0 unspecified atom stereocenters. The molecule has 1 aromatic rings. The van der Waals surface area contributed by atoms with E-state index in [1.165, 1.54) is 0 Å². The summed E-state index contributed by atoms with van der Waals surface area (Å²) >= 11 is 0. The molecule has 0 bridgehead atoms. The highest BCUT2D eigenvalue weighted by Gasteiger charge is 2.42. The Balaban J connectivity index is 1.60. The Kier molecular flexibility index (Phi) is 6.47. The monoisotopic (exact) mass is 372 g/mol. The first-order chi connectivity index (χ1) is 13.0. The zero-order valence-corrected chi connectivity index (χ0v) is 16.7. The number of carbonyl (C=O) groups is 2. The minimum atomic E-state index is 0.0537. The topological polar surface area (TPSA) is 56.8 Å². The molecule has 6 nitrogen and oxygen atoms in total. The van der Waals surface area contributed by atoms with Gasteiger partial charge in [-0.1, -0.05) is 6.07 Å². The van der Waals surface area contributed by atoms with Crippen LogP contribution in [0.5, 0.6) is 0 Å². The van der Waals surface area contributed by atoms with Gasteiger partial charge in [-0.3, -0.25) is 14.6 Å². The van der Waals surface area contributed by atoms with Gasteiger partial charge in [0.1, 0.15) is 0 Å². The summed E-state index contributed by atoms with van der Waals surface area (Å²) in [6.45, 7) is 3.90. The van der Waals surface area contributed by atoms with Crippen LogP contribution in [0.1, 0.15) is 44.2 Å². The molecule has 1 atom stereocenters. The molecular weight excluding hydrogens is 340 g/mol. The number of nitrogens with zero attached hydrogens (tertiary/aromatic N) is 4. The van der Waals surface area contributed by atoms with Crippen LogP contribution < -0.4 is 0 Å². The van der Waals surface area contributed by atoms with Crippen molar-refractivity contribution < 1.29 is 9.59 Å². The predicted octanol–water partition coefficient (Wildman–Crippen LogP) is 2.15. The van der Waals surface area contributed by atoms with E-state index in [2.05, 4.69) is 9.88 Å². The van der Waals surface area contributed by atoms with Crippen LogP contribution in [0.4, 0.5) is 0 Å². The van der Waals surface area contributed by atoms with Crippen LogP contribution in [0.3, 0.4) is 0 Å². The van der Waals surface area contributed by atoms with Gasteiger partial charge in [-0.2, -0.15) is 0 Å². The van der Waals surface area contributed by atoms with Crippen molar-refractivity contribution >= 4 is 11.8 Å². The van der Waals surface area contributed by atoms with Crippen LogP contribution >= 0.6 is 0 Å². The second-order valence-corrected chi connectivity index (χ2v) is 8.40. The normalized spacial score (nSPS) is 23.3. The number of hydrogen-bond donors (Lipinski definition) is 0. The molecule has 2 fully saturated rings. The first-order valence-corrected chi connectivity index (χ1v) is 10.1. The van der Waals surface area contributed by atoms with E-state index in [4.69, 9.17) is 0 Å². The lowest BCUT2D eigenvalue weighted by atomic mass is 9.73. The zero-order valence-electron chi connectivity index (χ0n) is 16.7. The molecule has 2 saturated heterocycles. The maximum atomic E-state index is 12.7. The van der Waals surface area contributed by atoms with Crippen molar-refractivity contribution in [1.29, 1.82) is 0 Å². The quantitative estimate of drug-likeness (QED) is 0.768. The van der Waals surface area contributed by atoms with E-state index < -0.39 is 0 Å². The van der Waals surface area contributed by atoms with Gasteiger partial charge in [0.2, 0.25) is 11.8 Å². The largest absolute Gasteiger partial charge is 0.342 e. The molecule has 6 heteroatoms. The zero-order chi connectivity index (χ0) is 19.3. The minimum Gasteiger partial charge on any atom is -0.342 e. The predicted molar refractivity (Wildman–Crippen MR) is 105 cm³/mol. The van der Waals surface area contributed by atoms with Crippen molar-refractivity contribution in [2.45, 2.75) is 45.1 Å². The summed E-state index contributed by atoms with van der Waals surface area (Å²) in [5.74, 6) is 0.477. The Morgan fingerprint density at radius 2 is 2.11 bits per heavy atom. The van der Waals surface area contributed by atoms with Gasteiger partial charge in [-0.25, -0.2) is 0 Å². The summed E-state index contributed by atoms with van der Waals surface area (Å²) in [5, 5.41) is 0. The van der Waals surface area contributed by atoms with Crippen molar-refractivity contribution in [3.63, 3.8) is 0 Å². The number of amides is 2. The molecule has 3 rings (SSSR count). The molecule has 3 heterocycles. The number of rotatable bonds is 6. The van der Waals surface area contributed by atoms with Crippen LogP contribution in [-0.4, -0.2) is 71.8 Å². The van der Waals surface area contributed by atoms with E-state index in [1.54, 1.807) is 6.20 Å². The van der Waals surface area contributed by atoms with Gasteiger partial charge in [-0.05, 0) is 58.5 Å². The van der Waals surface area contributed by atoms with Crippen molar-refractivity contribution in [3.8, 4) is 0 Å². The number of aromatic nitrogens is 1. The van der Waals surface area contributed by atoms with E-state index in [1.807, 2.05) is 42.1 Å². The molecule has 148 valence electrons. The molecule has 0 N–H and O–H groups in total. The molecule has 1 spiro atoms. The van der Waals surface area contributed by atoms with E-state index in [9.17, 15) is 9.59 Å². The van der Waals surface area contributed by atoms with Crippen LogP contribution in [0.2, 0.25) is 0 Å². The smallest absolute Gasteiger partial charge is 0.222 e. The van der Waals surface area contributed by atoms with Crippen molar-refractivity contribution in [1.82, 2.24) is 19.7 Å².